The summed E-state index contributed by atoms with van der Waals surface area (Å²) in [6.45, 7) is 14.6. The Morgan fingerprint density at radius 2 is 1.68 bits per heavy atom. The van der Waals surface area contributed by atoms with E-state index in [1.54, 1.807) is 19.1 Å². The summed E-state index contributed by atoms with van der Waals surface area (Å²) in [5, 5.41) is 14.9. The van der Waals surface area contributed by atoms with Crippen molar-refractivity contribution in [1.29, 1.82) is 0 Å². The third-order valence-electron chi connectivity index (χ3n) is 8.40. The first-order valence-corrected chi connectivity index (χ1v) is 13.1. The van der Waals surface area contributed by atoms with Gasteiger partial charge in [-0.05, 0) is 54.3 Å². The first-order chi connectivity index (χ1) is 15.8. The van der Waals surface area contributed by atoms with E-state index in [0.717, 1.165) is 25.7 Å². The molecule has 2 aliphatic carbocycles. The molecule has 0 heterocycles. The Hall–Kier alpha value is -1.18. The zero-order chi connectivity index (χ0) is 25.7. The van der Waals surface area contributed by atoms with E-state index >= 15 is 0 Å². The van der Waals surface area contributed by atoms with Crippen molar-refractivity contribution in [2.75, 3.05) is 40.5 Å². The molecule has 2 aliphatic rings. The highest BCUT2D eigenvalue weighted by molar-refractivity contribution is 5.79. The number of fused-ring (bicyclic) bond motifs is 1. The topological polar surface area (TPSA) is 88.1 Å². The van der Waals surface area contributed by atoms with Crippen LogP contribution in [-0.4, -0.2) is 74.5 Å². The van der Waals surface area contributed by atoms with Gasteiger partial charge in [0.15, 0.2) is 0 Å². The van der Waals surface area contributed by atoms with Crippen LogP contribution < -0.4 is 5.32 Å². The van der Waals surface area contributed by atoms with Crippen molar-refractivity contribution < 1.29 is 24.2 Å². The van der Waals surface area contributed by atoms with Crippen LogP contribution in [-0.2, 0) is 19.1 Å². The minimum absolute atomic E-state index is 0.0368. The van der Waals surface area contributed by atoms with Crippen molar-refractivity contribution in [1.82, 2.24) is 10.2 Å². The van der Waals surface area contributed by atoms with Gasteiger partial charge in [0, 0.05) is 45.7 Å². The highest BCUT2D eigenvalue weighted by atomic mass is 16.5. The van der Waals surface area contributed by atoms with Crippen LogP contribution in [0, 0.1) is 34.5 Å². The Bertz CT molecular complexity index is 670. The van der Waals surface area contributed by atoms with Crippen molar-refractivity contribution in [3.05, 3.63) is 0 Å². The molecular formula is C27H50N2O5. The molecule has 7 atom stereocenters. The van der Waals surface area contributed by atoms with E-state index in [2.05, 4.69) is 39.9 Å². The summed E-state index contributed by atoms with van der Waals surface area (Å²) >= 11 is 0. The molecule has 0 aromatic rings. The zero-order valence-corrected chi connectivity index (χ0v) is 22.9. The van der Waals surface area contributed by atoms with Gasteiger partial charge < -0.3 is 24.8 Å². The van der Waals surface area contributed by atoms with Gasteiger partial charge in [-0.15, -0.1) is 0 Å². The number of aliphatic hydroxyl groups is 1. The van der Waals surface area contributed by atoms with Crippen LogP contribution >= 0.6 is 0 Å². The average molecular weight is 483 g/mol. The Kier molecular flexibility index (Phi) is 10.4. The molecular weight excluding hydrogens is 432 g/mol. The lowest BCUT2D eigenvalue weighted by Crippen LogP contribution is -2.59. The molecule has 0 radical (unpaired) electrons. The second-order valence-corrected chi connectivity index (χ2v) is 12.3. The second kappa shape index (κ2) is 12.2. The first kappa shape index (κ1) is 29.1. The van der Waals surface area contributed by atoms with Crippen LogP contribution in [0.15, 0.2) is 0 Å². The lowest BCUT2D eigenvalue weighted by molar-refractivity contribution is -0.152. The van der Waals surface area contributed by atoms with Crippen molar-refractivity contribution in [2.24, 2.45) is 34.5 Å². The van der Waals surface area contributed by atoms with Crippen molar-refractivity contribution >= 4 is 11.8 Å². The lowest BCUT2D eigenvalue weighted by atomic mass is 9.51. The van der Waals surface area contributed by atoms with Gasteiger partial charge in [0.1, 0.15) is 0 Å². The van der Waals surface area contributed by atoms with Crippen LogP contribution in [0.5, 0.6) is 0 Å². The Balaban J connectivity index is 2.14. The van der Waals surface area contributed by atoms with E-state index in [0.29, 0.717) is 32.7 Å². The van der Waals surface area contributed by atoms with E-state index in [4.69, 9.17) is 9.47 Å². The molecule has 2 fully saturated rings. The molecule has 0 spiro atoms. The number of carbonyl (C=O) groups excluding carboxylic acids is 2. The molecule has 34 heavy (non-hydrogen) atoms. The zero-order valence-electron chi connectivity index (χ0n) is 22.9. The normalized spacial score (nSPS) is 32.6. The van der Waals surface area contributed by atoms with E-state index < -0.39 is 6.10 Å². The third-order valence-corrected chi connectivity index (χ3v) is 8.40. The molecule has 7 unspecified atom stereocenters. The largest absolute Gasteiger partial charge is 0.392 e. The Morgan fingerprint density at radius 1 is 1.12 bits per heavy atom. The SMILES string of the molecule is COCCN(CCOC)C(=O)C(C)C1CCC2(C)CCC(NC(=O)CC(C)(C)C)C(C)C2C1O. The number of ether oxygens (including phenoxy) is 2. The van der Waals surface area contributed by atoms with Crippen LogP contribution in [0.1, 0.15) is 73.6 Å². The van der Waals surface area contributed by atoms with Gasteiger partial charge in [0.2, 0.25) is 11.8 Å². The molecule has 0 aromatic heterocycles. The lowest BCUT2D eigenvalue weighted by Gasteiger charge is -2.56. The quantitative estimate of drug-likeness (QED) is 0.498. The van der Waals surface area contributed by atoms with Gasteiger partial charge in [-0.2, -0.15) is 0 Å². The van der Waals surface area contributed by atoms with Crippen LogP contribution in [0.3, 0.4) is 0 Å². The van der Waals surface area contributed by atoms with Crippen LogP contribution in [0.2, 0.25) is 0 Å². The van der Waals surface area contributed by atoms with Gasteiger partial charge in [-0.1, -0.05) is 41.5 Å². The maximum atomic E-state index is 13.4. The summed E-state index contributed by atoms with van der Waals surface area (Å²) in [5.74, 6) is -0.0195. The predicted molar refractivity (Wildman–Crippen MR) is 134 cm³/mol. The number of nitrogens with zero attached hydrogens (tertiary/aromatic N) is 1. The maximum Gasteiger partial charge on any atom is 0.225 e. The number of hydrogen-bond donors (Lipinski definition) is 2. The summed E-state index contributed by atoms with van der Waals surface area (Å²) in [6.07, 6.45) is 3.70. The summed E-state index contributed by atoms with van der Waals surface area (Å²) < 4.78 is 10.4. The fourth-order valence-electron chi connectivity index (χ4n) is 6.44. The highest BCUT2D eigenvalue weighted by Gasteiger charge is 2.54. The van der Waals surface area contributed by atoms with E-state index in [1.807, 2.05) is 6.92 Å². The molecule has 2 rings (SSSR count). The van der Waals surface area contributed by atoms with Gasteiger partial charge >= 0.3 is 0 Å². The van der Waals surface area contributed by atoms with Crippen molar-refractivity contribution in [3.63, 3.8) is 0 Å². The number of aliphatic hydroxyl groups excluding tert-OH is 1. The molecule has 7 heteroatoms. The van der Waals surface area contributed by atoms with E-state index in [-0.39, 0.29) is 52.4 Å². The fraction of sp³-hybridized carbons (Fsp3) is 0.926. The number of rotatable bonds is 10. The van der Waals surface area contributed by atoms with Gasteiger partial charge in [0.25, 0.3) is 0 Å². The first-order valence-electron chi connectivity index (χ1n) is 13.1. The minimum atomic E-state index is -0.568. The summed E-state index contributed by atoms with van der Waals surface area (Å²) in [7, 11) is 3.27. The molecule has 0 aromatic carbocycles. The number of carbonyl (C=O) groups is 2. The molecule has 2 N–H and O–H groups in total. The predicted octanol–water partition coefficient (Wildman–Crippen LogP) is 3.49. The Morgan fingerprint density at radius 3 is 2.21 bits per heavy atom. The molecule has 2 amide bonds. The highest BCUT2D eigenvalue weighted by Crippen LogP contribution is 2.55. The third kappa shape index (κ3) is 7.17. The summed E-state index contributed by atoms with van der Waals surface area (Å²) in [4.78, 5) is 27.9. The molecule has 0 saturated heterocycles. The number of nitrogens with one attached hydrogen (secondary N) is 1. The maximum absolute atomic E-state index is 13.4. The number of amides is 2. The fourth-order valence-corrected chi connectivity index (χ4v) is 6.44. The molecule has 7 nitrogen and oxygen atoms in total. The van der Waals surface area contributed by atoms with E-state index in [9.17, 15) is 14.7 Å². The van der Waals surface area contributed by atoms with Gasteiger partial charge in [-0.3, -0.25) is 9.59 Å². The van der Waals surface area contributed by atoms with Crippen LogP contribution in [0.4, 0.5) is 0 Å². The molecule has 2 saturated carbocycles. The smallest absolute Gasteiger partial charge is 0.225 e. The minimum Gasteiger partial charge on any atom is -0.392 e. The van der Waals surface area contributed by atoms with Crippen molar-refractivity contribution in [2.45, 2.75) is 85.8 Å². The van der Waals surface area contributed by atoms with Gasteiger partial charge in [0.05, 0.1) is 19.3 Å². The second-order valence-electron chi connectivity index (χ2n) is 12.3. The monoisotopic (exact) mass is 482 g/mol. The average Bonchev–Trinajstić information content (AvgIpc) is 2.74. The van der Waals surface area contributed by atoms with E-state index in [1.165, 1.54) is 0 Å². The molecule has 198 valence electrons. The molecule has 0 bridgehead atoms. The molecule has 0 aliphatic heterocycles. The standard InChI is InChI=1S/C27H50N2O5/c1-18(25(32)29(13-15-33-7)14-16-34-8)20-9-11-27(6)12-10-21(19(2)23(27)24(20)31)28-22(30)17-26(3,4)5/h18-21,23-24,31H,9-17H2,1-8H3,(H,28,30). The summed E-state index contributed by atoms with van der Waals surface area (Å²) in [5.41, 5.74) is -0.0195. The number of methoxy groups -OCH3 is 2. The van der Waals surface area contributed by atoms with Crippen molar-refractivity contribution in [3.8, 4) is 0 Å². The van der Waals surface area contributed by atoms with Crippen LogP contribution in [0.25, 0.3) is 0 Å². The Labute approximate surface area is 207 Å². The number of hydrogen-bond acceptors (Lipinski definition) is 5. The van der Waals surface area contributed by atoms with Gasteiger partial charge in [-0.25, -0.2) is 0 Å². The summed E-state index contributed by atoms with van der Waals surface area (Å²) in [6, 6.07) is 0.0623.